The highest BCUT2D eigenvalue weighted by Gasteiger charge is 2.17. The topological polar surface area (TPSA) is 147 Å². The monoisotopic (exact) mass is 360 g/mol. The molecule has 23 heavy (non-hydrogen) atoms. The summed E-state index contributed by atoms with van der Waals surface area (Å²) in [7, 11) is 0. The molecular weight excluding hydrogens is 360 g/mol. The number of nitrogens with zero attached hydrogens (tertiary/aromatic N) is 8. The third-order valence-corrected chi connectivity index (χ3v) is 3.71. The van der Waals surface area contributed by atoms with E-state index in [1.54, 1.807) is 24.3 Å². The first-order valence-corrected chi connectivity index (χ1v) is 6.74. The lowest BCUT2D eigenvalue weighted by Crippen LogP contribution is -2.00. The number of aromatic nitrogens is 4. The molecule has 0 saturated carbocycles. The number of fused-ring (bicyclic) bond motifs is 2. The summed E-state index contributed by atoms with van der Waals surface area (Å²) in [6.45, 7) is 0. The fraction of sp³-hybridized carbons (Fsp3) is 0. The average molecular weight is 361 g/mol. The van der Waals surface area contributed by atoms with Gasteiger partial charge >= 0.3 is 0 Å². The van der Waals surface area contributed by atoms with Crippen LogP contribution in [0.25, 0.3) is 22.1 Å². The third kappa shape index (κ3) is 2.10. The normalized spacial score (nSPS) is 9.78. The summed E-state index contributed by atoms with van der Waals surface area (Å²) in [5, 5.41) is 36.1. The molecular formula is C14HBrN8. The van der Waals surface area contributed by atoms with E-state index in [1.807, 2.05) is 0 Å². The van der Waals surface area contributed by atoms with E-state index >= 15 is 0 Å². The van der Waals surface area contributed by atoms with E-state index < -0.39 is 0 Å². The van der Waals surface area contributed by atoms with Crippen LogP contribution in [0.5, 0.6) is 0 Å². The first kappa shape index (κ1) is 14.3. The summed E-state index contributed by atoms with van der Waals surface area (Å²) < 4.78 is 0.381. The molecule has 2 aromatic heterocycles. The van der Waals surface area contributed by atoms with Crippen LogP contribution in [0.2, 0.25) is 0 Å². The van der Waals surface area contributed by atoms with Crippen LogP contribution in [0.3, 0.4) is 0 Å². The van der Waals surface area contributed by atoms with Gasteiger partial charge in [0.2, 0.25) is 0 Å². The van der Waals surface area contributed by atoms with Gasteiger partial charge in [-0.15, -0.1) is 0 Å². The van der Waals surface area contributed by atoms with Gasteiger partial charge in [0.25, 0.3) is 0 Å². The number of nitriles is 4. The van der Waals surface area contributed by atoms with Gasteiger partial charge in [-0.2, -0.15) is 21.0 Å². The molecule has 0 bridgehead atoms. The predicted molar refractivity (Wildman–Crippen MR) is 79.2 cm³/mol. The number of hydrogen-bond donors (Lipinski definition) is 0. The SMILES string of the molecule is N#Cc1nc2cc3nc(C#N)c(C#N)nc3c(Br)c2nc1C#N. The number of benzene rings is 1. The third-order valence-electron chi connectivity index (χ3n) is 2.96. The molecule has 3 rings (SSSR count). The van der Waals surface area contributed by atoms with Gasteiger partial charge in [0.05, 0.1) is 15.5 Å². The van der Waals surface area contributed by atoms with Crippen molar-refractivity contribution in [2.24, 2.45) is 0 Å². The van der Waals surface area contributed by atoms with Gasteiger partial charge in [0.15, 0.2) is 22.8 Å². The Labute approximate surface area is 137 Å². The lowest BCUT2D eigenvalue weighted by atomic mass is 10.2. The minimum Gasteiger partial charge on any atom is -0.232 e. The first-order chi connectivity index (χ1) is 11.1. The second kappa shape index (κ2) is 5.27. The summed E-state index contributed by atoms with van der Waals surface area (Å²) in [6, 6.07) is 8.72. The van der Waals surface area contributed by atoms with Crippen molar-refractivity contribution in [3.05, 3.63) is 33.3 Å². The molecule has 0 spiro atoms. The second-order valence-electron chi connectivity index (χ2n) is 4.21. The Morgan fingerprint density at radius 3 is 1.35 bits per heavy atom. The van der Waals surface area contributed by atoms with Crippen LogP contribution in [0, 0.1) is 45.3 Å². The highest BCUT2D eigenvalue weighted by molar-refractivity contribution is 9.10. The highest BCUT2D eigenvalue weighted by atomic mass is 79.9. The van der Waals surface area contributed by atoms with Gasteiger partial charge in [0.1, 0.15) is 35.3 Å². The Hall–Kier alpha value is -3.66. The zero-order chi connectivity index (χ0) is 16.6. The number of halogens is 1. The Morgan fingerprint density at radius 2 is 1.00 bits per heavy atom. The Balaban J connectivity index is 2.52. The lowest BCUT2D eigenvalue weighted by Gasteiger charge is -2.06. The van der Waals surface area contributed by atoms with E-state index in [0.717, 1.165) is 0 Å². The standard InChI is InChI=1S/C14HBrN8/c15-12-13-6(20-8(2-16)10(4-18)22-13)1-7-14(12)23-11(5-19)9(3-17)21-7/h1H. The zero-order valence-electron chi connectivity index (χ0n) is 11.0. The van der Waals surface area contributed by atoms with Crippen molar-refractivity contribution >= 4 is 38.0 Å². The summed E-state index contributed by atoms with van der Waals surface area (Å²) in [5.41, 5.74) is 0.851. The predicted octanol–water partition coefficient (Wildman–Crippen LogP) is 1.82. The molecule has 8 nitrogen and oxygen atoms in total. The molecule has 0 aliphatic rings. The van der Waals surface area contributed by atoms with E-state index in [1.165, 1.54) is 6.07 Å². The average Bonchev–Trinajstić information content (AvgIpc) is 2.59. The van der Waals surface area contributed by atoms with E-state index in [2.05, 4.69) is 35.9 Å². The van der Waals surface area contributed by atoms with E-state index in [4.69, 9.17) is 21.0 Å². The van der Waals surface area contributed by atoms with Crippen molar-refractivity contribution < 1.29 is 0 Å². The quantitative estimate of drug-likeness (QED) is 0.551. The van der Waals surface area contributed by atoms with Crippen molar-refractivity contribution in [2.45, 2.75) is 0 Å². The molecule has 1 aromatic carbocycles. The van der Waals surface area contributed by atoms with Crippen LogP contribution in [-0.4, -0.2) is 19.9 Å². The molecule has 104 valence electrons. The summed E-state index contributed by atoms with van der Waals surface area (Å²) in [5.74, 6) is 0. The highest BCUT2D eigenvalue weighted by Crippen LogP contribution is 2.30. The fourth-order valence-electron chi connectivity index (χ4n) is 1.97. The molecule has 0 N–H and O–H groups in total. The van der Waals surface area contributed by atoms with Gasteiger partial charge in [0, 0.05) is 0 Å². The van der Waals surface area contributed by atoms with Gasteiger partial charge in [-0.25, -0.2) is 19.9 Å². The van der Waals surface area contributed by atoms with Crippen molar-refractivity contribution in [1.29, 1.82) is 21.0 Å². The van der Waals surface area contributed by atoms with Crippen LogP contribution < -0.4 is 0 Å². The lowest BCUT2D eigenvalue weighted by molar-refractivity contribution is 1.17. The first-order valence-electron chi connectivity index (χ1n) is 5.95. The molecule has 0 aliphatic carbocycles. The minimum absolute atomic E-state index is 0.103. The van der Waals surface area contributed by atoms with Gasteiger partial charge < -0.3 is 0 Å². The van der Waals surface area contributed by atoms with Crippen molar-refractivity contribution in [3.63, 3.8) is 0 Å². The van der Waals surface area contributed by atoms with E-state index in [-0.39, 0.29) is 22.8 Å². The second-order valence-corrected chi connectivity index (χ2v) is 5.01. The van der Waals surface area contributed by atoms with Gasteiger partial charge in [-0.05, 0) is 22.0 Å². The molecule has 0 amide bonds. The summed E-state index contributed by atoms with van der Waals surface area (Å²) >= 11 is 3.31. The van der Waals surface area contributed by atoms with Crippen molar-refractivity contribution in [3.8, 4) is 24.3 Å². The Bertz CT molecular complexity index is 1080. The molecule has 0 atom stereocenters. The van der Waals surface area contributed by atoms with Gasteiger partial charge in [-0.1, -0.05) is 0 Å². The molecule has 0 unspecified atom stereocenters. The van der Waals surface area contributed by atoms with Crippen LogP contribution in [0.4, 0.5) is 0 Å². The number of rotatable bonds is 0. The summed E-state index contributed by atoms with van der Waals surface area (Å²) in [4.78, 5) is 16.4. The molecule has 0 saturated heterocycles. The molecule has 0 fully saturated rings. The maximum Gasteiger partial charge on any atom is 0.177 e. The Morgan fingerprint density at radius 1 is 0.652 bits per heavy atom. The molecule has 0 radical (unpaired) electrons. The van der Waals surface area contributed by atoms with E-state index in [9.17, 15) is 0 Å². The van der Waals surface area contributed by atoms with Crippen LogP contribution in [0.1, 0.15) is 22.8 Å². The smallest absolute Gasteiger partial charge is 0.177 e. The summed E-state index contributed by atoms with van der Waals surface area (Å²) in [6.07, 6.45) is 0. The van der Waals surface area contributed by atoms with Crippen LogP contribution >= 0.6 is 15.9 Å². The van der Waals surface area contributed by atoms with Crippen molar-refractivity contribution in [1.82, 2.24) is 19.9 Å². The molecule has 2 heterocycles. The van der Waals surface area contributed by atoms with Crippen LogP contribution in [0.15, 0.2) is 10.5 Å². The minimum atomic E-state index is -0.109. The molecule has 9 heteroatoms. The van der Waals surface area contributed by atoms with Crippen molar-refractivity contribution in [2.75, 3.05) is 0 Å². The maximum atomic E-state index is 9.04. The fourth-order valence-corrected chi connectivity index (χ4v) is 2.56. The largest absolute Gasteiger partial charge is 0.232 e. The van der Waals surface area contributed by atoms with Crippen LogP contribution in [-0.2, 0) is 0 Å². The zero-order valence-corrected chi connectivity index (χ0v) is 12.6. The number of hydrogen-bond acceptors (Lipinski definition) is 8. The van der Waals surface area contributed by atoms with Gasteiger partial charge in [-0.3, -0.25) is 0 Å². The molecule has 0 aliphatic heterocycles. The Kier molecular flexibility index (Phi) is 3.27. The maximum absolute atomic E-state index is 9.04. The van der Waals surface area contributed by atoms with E-state index in [0.29, 0.717) is 26.5 Å². The molecule has 3 aromatic rings.